The van der Waals surface area contributed by atoms with Gasteiger partial charge in [-0.05, 0) is 38.3 Å². The van der Waals surface area contributed by atoms with E-state index in [0.29, 0.717) is 5.56 Å². The molecule has 4 heteroatoms. The molecule has 17 heavy (non-hydrogen) atoms. The normalized spacial score (nSPS) is 21.1. The van der Waals surface area contributed by atoms with Gasteiger partial charge in [0.05, 0.1) is 5.56 Å². The maximum absolute atomic E-state index is 12.2. The van der Waals surface area contributed by atoms with Gasteiger partial charge in [0.2, 0.25) is 0 Å². The topological polar surface area (TPSA) is 59.2 Å². The zero-order valence-corrected chi connectivity index (χ0v) is 10.2. The lowest BCUT2D eigenvalue weighted by molar-refractivity contribution is 0.0761. The van der Waals surface area contributed by atoms with Gasteiger partial charge in [0, 0.05) is 31.0 Å². The molecule has 0 aromatic carbocycles. The first-order valence-corrected chi connectivity index (χ1v) is 6.14. The number of hydrogen-bond acceptors (Lipinski definition) is 3. The Morgan fingerprint density at radius 1 is 1.41 bits per heavy atom. The lowest BCUT2D eigenvalue weighted by Crippen LogP contribution is -2.32. The molecule has 92 valence electrons. The van der Waals surface area contributed by atoms with Crippen molar-refractivity contribution in [2.24, 2.45) is 5.73 Å². The van der Waals surface area contributed by atoms with Crippen molar-refractivity contribution in [2.75, 3.05) is 13.1 Å². The van der Waals surface area contributed by atoms with E-state index in [1.165, 1.54) is 0 Å². The van der Waals surface area contributed by atoms with Crippen molar-refractivity contribution in [2.45, 2.75) is 32.2 Å². The quantitative estimate of drug-likeness (QED) is 0.796. The summed E-state index contributed by atoms with van der Waals surface area (Å²) in [6.45, 7) is 3.48. The zero-order valence-electron chi connectivity index (χ0n) is 10.2. The Kier molecular flexibility index (Phi) is 3.74. The number of amides is 1. The van der Waals surface area contributed by atoms with Crippen molar-refractivity contribution in [3.63, 3.8) is 0 Å². The maximum Gasteiger partial charge on any atom is 0.255 e. The molecule has 1 aromatic rings. The molecule has 0 spiro atoms. The van der Waals surface area contributed by atoms with Crippen molar-refractivity contribution >= 4 is 5.91 Å². The number of pyridine rings is 1. The first-order chi connectivity index (χ1) is 8.16. The van der Waals surface area contributed by atoms with E-state index in [1.807, 2.05) is 24.0 Å². The Labute approximate surface area is 102 Å². The second-order valence-corrected chi connectivity index (χ2v) is 4.67. The first kappa shape index (κ1) is 12.0. The molecule has 1 aromatic heterocycles. The molecule has 1 atom stereocenters. The molecular formula is C13H19N3O. The van der Waals surface area contributed by atoms with Gasteiger partial charge in [0.25, 0.3) is 5.91 Å². The van der Waals surface area contributed by atoms with Crippen LogP contribution in [-0.4, -0.2) is 34.9 Å². The molecule has 1 amide bonds. The van der Waals surface area contributed by atoms with Crippen LogP contribution in [0.4, 0.5) is 0 Å². The molecule has 0 saturated carbocycles. The minimum absolute atomic E-state index is 0.0756. The summed E-state index contributed by atoms with van der Waals surface area (Å²) in [6.07, 6.45) is 4.55. The van der Waals surface area contributed by atoms with Crippen LogP contribution in [0, 0.1) is 6.92 Å². The molecule has 2 heterocycles. The number of aryl methyl sites for hydroxylation is 1. The summed E-state index contributed by atoms with van der Waals surface area (Å²) < 4.78 is 0. The molecule has 1 unspecified atom stereocenters. The number of carbonyl (C=O) groups is 1. The van der Waals surface area contributed by atoms with Gasteiger partial charge >= 0.3 is 0 Å². The number of likely N-dealkylation sites (tertiary alicyclic amines) is 1. The third-order valence-corrected chi connectivity index (χ3v) is 3.22. The minimum atomic E-state index is 0.0756. The third-order valence-electron chi connectivity index (χ3n) is 3.22. The van der Waals surface area contributed by atoms with Gasteiger partial charge in [-0.3, -0.25) is 9.78 Å². The largest absolute Gasteiger partial charge is 0.339 e. The first-order valence-electron chi connectivity index (χ1n) is 6.14. The minimum Gasteiger partial charge on any atom is -0.339 e. The summed E-state index contributed by atoms with van der Waals surface area (Å²) in [4.78, 5) is 18.3. The van der Waals surface area contributed by atoms with E-state index in [0.717, 1.165) is 38.0 Å². The van der Waals surface area contributed by atoms with Crippen molar-refractivity contribution in [3.8, 4) is 0 Å². The fourth-order valence-corrected chi connectivity index (χ4v) is 2.10. The number of rotatable bonds is 1. The fraction of sp³-hybridized carbons (Fsp3) is 0.538. The van der Waals surface area contributed by atoms with Crippen LogP contribution in [0.15, 0.2) is 18.3 Å². The Morgan fingerprint density at radius 3 is 2.94 bits per heavy atom. The van der Waals surface area contributed by atoms with E-state index in [-0.39, 0.29) is 11.9 Å². The second-order valence-electron chi connectivity index (χ2n) is 4.67. The van der Waals surface area contributed by atoms with Crippen molar-refractivity contribution in [1.82, 2.24) is 9.88 Å². The number of nitrogens with two attached hydrogens (primary N) is 1. The van der Waals surface area contributed by atoms with E-state index in [2.05, 4.69) is 4.98 Å². The van der Waals surface area contributed by atoms with E-state index < -0.39 is 0 Å². The second kappa shape index (κ2) is 5.27. The number of nitrogens with zero attached hydrogens (tertiary/aromatic N) is 2. The zero-order chi connectivity index (χ0) is 12.3. The van der Waals surface area contributed by atoms with Gasteiger partial charge < -0.3 is 10.6 Å². The van der Waals surface area contributed by atoms with E-state index in [1.54, 1.807) is 6.20 Å². The molecule has 2 N–H and O–H groups in total. The maximum atomic E-state index is 12.2. The molecule has 0 bridgehead atoms. The monoisotopic (exact) mass is 233 g/mol. The summed E-state index contributed by atoms with van der Waals surface area (Å²) in [5.41, 5.74) is 7.51. The highest BCUT2D eigenvalue weighted by Crippen LogP contribution is 2.12. The van der Waals surface area contributed by atoms with Crippen molar-refractivity contribution in [1.29, 1.82) is 0 Å². The van der Waals surface area contributed by atoms with E-state index in [9.17, 15) is 4.79 Å². The Bertz CT molecular complexity index is 388. The fourth-order valence-electron chi connectivity index (χ4n) is 2.10. The SMILES string of the molecule is Cc1ccc(C(=O)N2CCCC(N)CC2)cn1. The van der Waals surface area contributed by atoms with Crippen LogP contribution in [0.5, 0.6) is 0 Å². The van der Waals surface area contributed by atoms with Crippen LogP contribution >= 0.6 is 0 Å². The summed E-state index contributed by atoms with van der Waals surface area (Å²) in [6, 6.07) is 3.95. The predicted octanol–water partition coefficient (Wildman–Crippen LogP) is 1.34. The highest BCUT2D eigenvalue weighted by Gasteiger charge is 2.19. The van der Waals surface area contributed by atoms with Gasteiger partial charge in [-0.1, -0.05) is 0 Å². The smallest absolute Gasteiger partial charge is 0.255 e. The van der Waals surface area contributed by atoms with Crippen LogP contribution < -0.4 is 5.73 Å². The average molecular weight is 233 g/mol. The average Bonchev–Trinajstić information content (AvgIpc) is 2.54. The van der Waals surface area contributed by atoms with Crippen molar-refractivity contribution < 1.29 is 4.79 Å². The molecule has 1 aliphatic heterocycles. The number of hydrogen-bond donors (Lipinski definition) is 1. The summed E-state index contributed by atoms with van der Waals surface area (Å²) in [5, 5.41) is 0. The van der Waals surface area contributed by atoms with Crippen LogP contribution in [-0.2, 0) is 0 Å². The Hall–Kier alpha value is -1.42. The number of aromatic nitrogens is 1. The summed E-state index contributed by atoms with van der Waals surface area (Å²) >= 11 is 0. The standard InChI is InChI=1S/C13H19N3O/c1-10-4-5-11(9-15-10)13(17)16-7-2-3-12(14)6-8-16/h4-5,9,12H,2-3,6-8,14H2,1H3. The number of carbonyl (C=O) groups excluding carboxylic acids is 1. The Morgan fingerprint density at radius 2 is 2.24 bits per heavy atom. The molecule has 0 aliphatic carbocycles. The summed E-state index contributed by atoms with van der Waals surface area (Å²) in [7, 11) is 0. The van der Waals surface area contributed by atoms with Crippen LogP contribution in [0.2, 0.25) is 0 Å². The third kappa shape index (κ3) is 3.03. The molecule has 2 rings (SSSR count). The molecule has 4 nitrogen and oxygen atoms in total. The molecule has 1 fully saturated rings. The predicted molar refractivity (Wildman–Crippen MR) is 66.7 cm³/mol. The van der Waals surface area contributed by atoms with E-state index >= 15 is 0 Å². The van der Waals surface area contributed by atoms with Crippen molar-refractivity contribution in [3.05, 3.63) is 29.6 Å². The molecule has 1 saturated heterocycles. The lowest BCUT2D eigenvalue weighted by atomic mass is 10.1. The van der Waals surface area contributed by atoms with Gasteiger partial charge in [0.15, 0.2) is 0 Å². The lowest BCUT2D eigenvalue weighted by Gasteiger charge is -2.20. The van der Waals surface area contributed by atoms with Gasteiger partial charge in [0.1, 0.15) is 0 Å². The van der Waals surface area contributed by atoms with Crippen LogP contribution in [0.25, 0.3) is 0 Å². The van der Waals surface area contributed by atoms with Gasteiger partial charge in [-0.2, -0.15) is 0 Å². The van der Waals surface area contributed by atoms with Crippen LogP contribution in [0.3, 0.4) is 0 Å². The Balaban J connectivity index is 2.06. The van der Waals surface area contributed by atoms with Crippen LogP contribution in [0.1, 0.15) is 35.3 Å². The highest BCUT2D eigenvalue weighted by atomic mass is 16.2. The molecule has 0 radical (unpaired) electrons. The van der Waals surface area contributed by atoms with Gasteiger partial charge in [-0.25, -0.2) is 0 Å². The molecular weight excluding hydrogens is 214 g/mol. The summed E-state index contributed by atoms with van der Waals surface area (Å²) in [5.74, 6) is 0.0756. The van der Waals surface area contributed by atoms with E-state index in [4.69, 9.17) is 5.73 Å². The van der Waals surface area contributed by atoms with Gasteiger partial charge in [-0.15, -0.1) is 0 Å². The molecule has 1 aliphatic rings. The highest BCUT2D eigenvalue weighted by molar-refractivity contribution is 5.93.